The molecule has 5 rings (SSSR count). The molecule has 1 spiro atoms. The van der Waals surface area contributed by atoms with Crippen LogP contribution in [0.5, 0.6) is 0 Å². The van der Waals surface area contributed by atoms with E-state index in [9.17, 15) is 13.6 Å². The Morgan fingerprint density at radius 2 is 2.16 bits per heavy atom. The predicted molar refractivity (Wildman–Crippen MR) is 88.8 cm³/mol. The molecule has 4 nitrogen and oxygen atoms in total. The molecule has 3 aliphatic carbocycles. The number of allylic oxidation sites excluding steroid dienone is 2. The third-order valence-electron chi connectivity index (χ3n) is 6.20. The van der Waals surface area contributed by atoms with Gasteiger partial charge in [0.05, 0.1) is 5.56 Å². The molecule has 1 N–H and O–H groups in total. The molecule has 0 radical (unpaired) electrons. The SMILES string of the molecule is CC1C2C=CC3c4c(NC(=O)c5cn(C)nc5C(F)F)cccc4C312. The third kappa shape index (κ3) is 1.64. The number of carbonyl (C=O) groups excluding carboxylic acids is 1. The molecule has 2 aromatic rings. The van der Waals surface area contributed by atoms with Crippen molar-refractivity contribution in [2.75, 3.05) is 5.32 Å². The first-order valence-corrected chi connectivity index (χ1v) is 8.41. The molecule has 4 unspecified atom stereocenters. The summed E-state index contributed by atoms with van der Waals surface area (Å²) in [4.78, 5) is 12.6. The van der Waals surface area contributed by atoms with Gasteiger partial charge in [-0.25, -0.2) is 8.78 Å². The zero-order valence-corrected chi connectivity index (χ0v) is 13.8. The highest BCUT2D eigenvalue weighted by Crippen LogP contribution is 2.78. The van der Waals surface area contributed by atoms with Crippen LogP contribution in [0.3, 0.4) is 0 Å². The van der Waals surface area contributed by atoms with Crippen LogP contribution in [0.15, 0.2) is 36.5 Å². The molecular formula is C19H17F2N3O. The van der Waals surface area contributed by atoms with Gasteiger partial charge >= 0.3 is 0 Å². The van der Waals surface area contributed by atoms with Crippen LogP contribution in [-0.4, -0.2) is 15.7 Å². The molecular weight excluding hydrogens is 324 g/mol. The van der Waals surface area contributed by atoms with Crippen LogP contribution < -0.4 is 5.32 Å². The van der Waals surface area contributed by atoms with Gasteiger partial charge in [0.2, 0.25) is 0 Å². The topological polar surface area (TPSA) is 46.9 Å². The Balaban J connectivity index is 1.49. The Labute approximate surface area is 143 Å². The number of carbonyl (C=O) groups is 1. The Morgan fingerprint density at radius 3 is 2.88 bits per heavy atom. The van der Waals surface area contributed by atoms with Gasteiger partial charge in [0, 0.05) is 30.3 Å². The zero-order valence-electron chi connectivity index (χ0n) is 13.8. The summed E-state index contributed by atoms with van der Waals surface area (Å²) in [7, 11) is 1.53. The van der Waals surface area contributed by atoms with Gasteiger partial charge in [-0.2, -0.15) is 5.10 Å². The summed E-state index contributed by atoms with van der Waals surface area (Å²) < 4.78 is 27.5. The van der Waals surface area contributed by atoms with Crippen LogP contribution in [0, 0.1) is 11.8 Å². The number of hydrogen-bond donors (Lipinski definition) is 1. The summed E-state index contributed by atoms with van der Waals surface area (Å²) in [5, 5.41) is 6.53. The van der Waals surface area contributed by atoms with Crippen LogP contribution in [0.25, 0.3) is 0 Å². The number of nitrogens with one attached hydrogen (secondary N) is 1. The molecule has 6 heteroatoms. The van der Waals surface area contributed by atoms with Gasteiger partial charge in [-0.05, 0) is 29.0 Å². The van der Waals surface area contributed by atoms with E-state index in [1.807, 2.05) is 12.1 Å². The van der Waals surface area contributed by atoms with E-state index in [1.165, 1.54) is 23.5 Å². The third-order valence-corrected chi connectivity index (χ3v) is 6.20. The second-order valence-electron chi connectivity index (χ2n) is 7.23. The van der Waals surface area contributed by atoms with E-state index < -0.39 is 18.0 Å². The molecule has 128 valence electrons. The minimum absolute atomic E-state index is 0.0798. The number of hydrogen-bond acceptors (Lipinski definition) is 2. The number of nitrogens with zero attached hydrogens (tertiary/aromatic N) is 2. The molecule has 1 aromatic heterocycles. The van der Waals surface area contributed by atoms with Crippen molar-refractivity contribution in [2.24, 2.45) is 18.9 Å². The minimum Gasteiger partial charge on any atom is -0.322 e. The predicted octanol–water partition coefficient (Wildman–Crippen LogP) is 3.78. The number of anilines is 1. The lowest BCUT2D eigenvalue weighted by Crippen LogP contribution is -2.33. The van der Waals surface area contributed by atoms with Crippen LogP contribution in [0.4, 0.5) is 14.5 Å². The van der Waals surface area contributed by atoms with Crippen molar-refractivity contribution in [2.45, 2.75) is 24.7 Å². The smallest absolute Gasteiger partial charge is 0.282 e. The molecule has 0 saturated heterocycles. The fourth-order valence-corrected chi connectivity index (χ4v) is 5.10. The minimum atomic E-state index is -2.78. The highest BCUT2D eigenvalue weighted by Gasteiger charge is 2.73. The van der Waals surface area contributed by atoms with Gasteiger partial charge in [-0.3, -0.25) is 9.48 Å². The molecule has 25 heavy (non-hydrogen) atoms. The first kappa shape index (κ1) is 14.8. The van der Waals surface area contributed by atoms with Crippen LogP contribution in [0.2, 0.25) is 0 Å². The van der Waals surface area contributed by atoms with Crippen molar-refractivity contribution in [1.29, 1.82) is 0 Å². The average molecular weight is 341 g/mol. The highest BCUT2D eigenvalue weighted by atomic mass is 19.3. The van der Waals surface area contributed by atoms with Gasteiger partial charge in [0.25, 0.3) is 12.3 Å². The first-order valence-electron chi connectivity index (χ1n) is 8.41. The molecule has 0 aliphatic heterocycles. The highest BCUT2D eigenvalue weighted by molar-refractivity contribution is 6.06. The standard InChI is InChI=1S/C19H17F2N3O/c1-9-11-6-7-13-15-12(19(9,11)13)4-3-5-14(15)22-18(25)10-8-24(2)23-16(10)17(20)21/h3-9,11,13,17H,1-2H3,(H,22,25). The molecule has 0 bridgehead atoms. The lowest BCUT2D eigenvalue weighted by atomic mass is 9.64. The van der Waals surface area contributed by atoms with E-state index >= 15 is 0 Å². The average Bonchev–Trinajstić information content (AvgIpc) is 2.88. The van der Waals surface area contributed by atoms with Crippen molar-refractivity contribution >= 4 is 11.6 Å². The maximum absolute atomic E-state index is 13.1. The molecule has 1 saturated carbocycles. The van der Waals surface area contributed by atoms with E-state index in [2.05, 4.69) is 35.6 Å². The van der Waals surface area contributed by atoms with Gasteiger partial charge < -0.3 is 5.32 Å². The fraction of sp³-hybridized carbons (Fsp3) is 0.368. The molecule has 1 fully saturated rings. The lowest BCUT2D eigenvalue weighted by molar-refractivity contribution is 0.101. The summed E-state index contributed by atoms with van der Waals surface area (Å²) in [5.41, 5.74) is 2.79. The normalized spacial score (nSPS) is 30.5. The summed E-state index contributed by atoms with van der Waals surface area (Å²) in [6, 6.07) is 5.90. The number of aromatic nitrogens is 2. The Hall–Kier alpha value is -2.50. The Bertz CT molecular complexity index is 948. The van der Waals surface area contributed by atoms with Crippen molar-refractivity contribution in [3.63, 3.8) is 0 Å². The van der Waals surface area contributed by atoms with E-state index in [0.29, 0.717) is 23.4 Å². The number of aryl methyl sites for hydroxylation is 1. The van der Waals surface area contributed by atoms with Gasteiger partial charge in [0.1, 0.15) is 5.69 Å². The largest absolute Gasteiger partial charge is 0.322 e. The summed E-state index contributed by atoms with van der Waals surface area (Å²) in [5.74, 6) is 1.01. The summed E-state index contributed by atoms with van der Waals surface area (Å²) >= 11 is 0. The maximum Gasteiger partial charge on any atom is 0.282 e. The molecule has 4 atom stereocenters. The van der Waals surface area contributed by atoms with Gasteiger partial charge in [-0.15, -0.1) is 0 Å². The van der Waals surface area contributed by atoms with E-state index in [0.717, 1.165) is 5.56 Å². The second kappa shape index (κ2) is 4.56. The molecule has 1 aromatic carbocycles. The van der Waals surface area contributed by atoms with E-state index in [4.69, 9.17) is 0 Å². The summed E-state index contributed by atoms with van der Waals surface area (Å²) in [6.45, 7) is 2.26. The number of halogens is 2. The summed E-state index contributed by atoms with van der Waals surface area (Å²) in [6.07, 6.45) is 3.05. The van der Waals surface area contributed by atoms with Crippen LogP contribution >= 0.6 is 0 Å². The Morgan fingerprint density at radius 1 is 1.36 bits per heavy atom. The lowest BCUT2D eigenvalue weighted by Gasteiger charge is -2.40. The second-order valence-corrected chi connectivity index (χ2v) is 7.23. The molecule has 1 heterocycles. The number of amides is 1. The van der Waals surface area contributed by atoms with Crippen LogP contribution in [0.1, 0.15) is 46.4 Å². The van der Waals surface area contributed by atoms with Crippen molar-refractivity contribution in [1.82, 2.24) is 9.78 Å². The van der Waals surface area contributed by atoms with Gasteiger partial charge in [0.15, 0.2) is 0 Å². The van der Waals surface area contributed by atoms with E-state index in [1.54, 1.807) is 0 Å². The van der Waals surface area contributed by atoms with Gasteiger partial charge in [-0.1, -0.05) is 31.2 Å². The molecule has 3 aliphatic rings. The first-order chi connectivity index (χ1) is 12.0. The van der Waals surface area contributed by atoms with Crippen molar-refractivity contribution in [3.05, 3.63) is 58.9 Å². The Kier molecular flexibility index (Phi) is 2.70. The number of alkyl halides is 2. The molecule has 1 amide bonds. The monoisotopic (exact) mass is 341 g/mol. The van der Waals surface area contributed by atoms with Crippen LogP contribution in [-0.2, 0) is 12.5 Å². The maximum atomic E-state index is 13.1. The quantitative estimate of drug-likeness (QED) is 0.864. The van der Waals surface area contributed by atoms with Crippen molar-refractivity contribution < 1.29 is 13.6 Å². The number of fused-ring (bicyclic) bond motifs is 2. The fourth-order valence-electron chi connectivity index (χ4n) is 5.10. The zero-order chi connectivity index (χ0) is 17.5. The number of benzene rings is 1. The van der Waals surface area contributed by atoms with E-state index in [-0.39, 0.29) is 11.0 Å². The number of rotatable bonds is 3. The van der Waals surface area contributed by atoms with Crippen molar-refractivity contribution in [3.8, 4) is 0 Å².